The molecule has 1 aromatic rings. The Morgan fingerprint density at radius 1 is 1.29 bits per heavy atom. The number of esters is 1. The molecule has 1 unspecified atom stereocenters. The zero-order valence-electron chi connectivity index (χ0n) is 13.6. The Hall–Kier alpha value is -1.71. The van der Waals surface area contributed by atoms with Gasteiger partial charge in [0.05, 0.1) is 12.2 Å². The third-order valence-corrected chi connectivity index (χ3v) is 3.38. The SMILES string of the molecule is CCOC(=O)c1cc(NC(C)CCCC(C)C)ccc1N. The molecule has 1 rings (SSSR count). The van der Waals surface area contributed by atoms with E-state index in [1.54, 1.807) is 19.1 Å². The van der Waals surface area contributed by atoms with E-state index in [2.05, 4.69) is 26.1 Å². The highest BCUT2D eigenvalue weighted by Crippen LogP contribution is 2.20. The van der Waals surface area contributed by atoms with Gasteiger partial charge in [0.1, 0.15) is 0 Å². The average Bonchev–Trinajstić information content (AvgIpc) is 2.40. The minimum atomic E-state index is -0.369. The zero-order chi connectivity index (χ0) is 15.8. The molecule has 1 aromatic carbocycles. The molecule has 0 amide bonds. The standard InChI is InChI=1S/C17H28N2O2/c1-5-21-17(20)15-11-14(9-10-16(15)18)19-13(4)8-6-7-12(2)3/h9-13,19H,5-8,18H2,1-4H3. The third-order valence-electron chi connectivity index (χ3n) is 3.38. The van der Waals surface area contributed by atoms with Crippen LogP contribution in [0.3, 0.4) is 0 Å². The van der Waals surface area contributed by atoms with Crippen LogP contribution >= 0.6 is 0 Å². The minimum Gasteiger partial charge on any atom is -0.462 e. The lowest BCUT2D eigenvalue weighted by molar-refractivity contribution is 0.0527. The van der Waals surface area contributed by atoms with Gasteiger partial charge in [0.2, 0.25) is 0 Å². The first-order valence-corrected chi connectivity index (χ1v) is 7.77. The summed E-state index contributed by atoms with van der Waals surface area (Å²) in [6, 6.07) is 5.78. The lowest BCUT2D eigenvalue weighted by atomic mass is 10.0. The van der Waals surface area contributed by atoms with E-state index in [0.29, 0.717) is 23.9 Å². The van der Waals surface area contributed by atoms with Crippen molar-refractivity contribution < 1.29 is 9.53 Å². The highest BCUT2D eigenvalue weighted by Gasteiger charge is 2.12. The summed E-state index contributed by atoms with van der Waals surface area (Å²) in [4.78, 5) is 11.8. The van der Waals surface area contributed by atoms with E-state index >= 15 is 0 Å². The van der Waals surface area contributed by atoms with Gasteiger partial charge in [0.15, 0.2) is 0 Å². The second kappa shape index (κ2) is 8.55. The van der Waals surface area contributed by atoms with Crippen molar-refractivity contribution in [3.63, 3.8) is 0 Å². The van der Waals surface area contributed by atoms with Gasteiger partial charge in [-0.25, -0.2) is 4.79 Å². The minimum absolute atomic E-state index is 0.349. The Morgan fingerprint density at radius 3 is 2.62 bits per heavy atom. The molecule has 0 saturated heterocycles. The van der Waals surface area contributed by atoms with Gasteiger partial charge in [-0.3, -0.25) is 0 Å². The van der Waals surface area contributed by atoms with E-state index in [-0.39, 0.29) is 5.97 Å². The number of carbonyl (C=O) groups excluding carboxylic acids is 1. The highest BCUT2D eigenvalue weighted by molar-refractivity contribution is 5.96. The maximum Gasteiger partial charge on any atom is 0.340 e. The predicted molar refractivity (Wildman–Crippen MR) is 88.6 cm³/mol. The number of hydrogen-bond acceptors (Lipinski definition) is 4. The molecule has 1 atom stereocenters. The zero-order valence-corrected chi connectivity index (χ0v) is 13.6. The van der Waals surface area contributed by atoms with E-state index in [9.17, 15) is 4.79 Å². The predicted octanol–water partition coefficient (Wildman–Crippen LogP) is 4.07. The Kier molecular flexibility index (Phi) is 7.06. The van der Waals surface area contributed by atoms with Crippen LogP contribution in [0, 0.1) is 5.92 Å². The number of benzene rings is 1. The average molecular weight is 292 g/mol. The third kappa shape index (κ3) is 6.06. The van der Waals surface area contributed by atoms with E-state index < -0.39 is 0 Å². The molecule has 0 aliphatic rings. The number of nitrogens with two attached hydrogens (primary N) is 1. The molecule has 0 aliphatic heterocycles. The summed E-state index contributed by atoms with van der Waals surface area (Å²) in [6.07, 6.45) is 3.55. The first-order valence-electron chi connectivity index (χ1n) is 7.77. The van der Waals surface area contributed by atoms with Crippen molar-refractivity contribution in [3.05, 3.63) is 23.8 Å². The first kappa shape index (κ1) is 17.3. The van der Waals surface area contributed by atoms with Crippen LogP contribution in [-0.4, -0.2) is 18.6 Å². The fraction of sp³-hybridized carbons (Fsp3) is 0.588. The van der Waals surface area contributed by atoms with Gasteiger partial charge in [0, 0.05) is 17.4 Å². The summed E-state index contributed by atoms with van der Waals surface area (Å²) < 4.78 is 5.01. The summed E-state index contributed by atoms with van der Waals surface area (Å²) in [7, 11) is 0. The number of anilines is 2. The molecule has 3 N–H and O–H groups in total. The van der Waals surface area contributed by atoms with Gasteiger partial charge in [-0.2, -0.15) is 0 Å². The maximum absolute atomic E-state index is 11.8. The maximum atomic E-state index is 11.8. The lowest BCUT2D eigenvalue weighted by Gasteiger charge is -2.17. The van der Waals surface area contributed by atoms with E-state index in [4.69, 9.17) is 10.5 Å². The Morgan fingerprint density at radius 2 is 2.00 bits per heavy atom. The van der Waals surface area contributed by atoms with Crippen LogP contribution in [0.4, 0.5) is 11.4 Å². The number of carbonyl (C=O) groups is 1. The fourth-order valence-electron chi connectivity index (χ4n) is 2.22. The van der Waals surface area contributed by atoms with Crippen LogP contribution in [0.15, 0.2) is 18.2 Å². The van der Waals surface area contributed by atoms with Crippen LogP contribution < -0.4 is 11.1 Å². The monoisotopic (exact) mass is 292 g/mol. The number of rotatable bonds is 8. The highest BCUT2D eigenvalue weighted by atomic mass is 16.5. The summed E-state index contributed by atoms with van der Waals surface area (Å²) in [5, 5.41) is 3.42. The van der Waals surface area contributed by atoms with E-state index in [0.717, 1.165) is 18.0 Å². The van der Waals surface area contributed by atoms with Gasteiger partial charge in [0.25, 0.3) is 0 Å². The van der Waals surface area contributed by atoms with Crippen LogP contribution in [0.25, 0.3) is 0 Å². The molecule has 0 aliphatic carbocycles. The van der Waals surface area contributed by atoms with Crippen molar-refractivity contribution in [1.82, 2.24) is 0 Å². The molecule has 0 aromatic heterocycles. The van der Waals surface area contributed by atoms with Gasteiger partial charge in [-0.05, 0) is 44.4 Å². The van der Waals surface area contributed by atoms with Crippen molar-refractivity contribution in [1.29, 1.82) is 0 Å². The van der Waals surface area contributed by atoms with Crippen molar-refractivity contribution in [2.75, 3.05) is 17.7 Å². The Balaban J connectivity index is 2.63. The molecular weight excluding hydrogens is 264 g/mol. The van der Waals surface area contributed by atoms with Crippen molar-refractivity contribution in [3.8, 4) is 0 Å². The number of hydrogen-bond donors (Lipinski definition) is 2. The second-order valence-electron chi connectivity index (χ2n) is 5.89. The van der Waals surface area contributed by atoms with Crippen molar-refractivity contribution >= 4 is 17.3 Å². The summed E-state index contributed by atoms with van der Waals surface area (Å²) >= 11 is 0. The second-order valence-corrected chi connectivity index (χ2v) is 5.89. The normalized spacial score (nSPS) is 12.2. The molecule has 0 saturated carbocycles. The van der Waals surface area contributed by atoms with Crippen LogP contribution in [0.5, 0.6) is 0 Å². The van der Waals surface area contributed by atoms with Gasteiger partial charge < -0.3 is 15.8 Å². The molecule has 0 radical (unpaired) electrons. The number of nitrogens with one attached hydrogen (secondary N) is 1. The first-order chi connectivity index (χ1) is 9.93. The summed E-state index contributed by atoms with van der Waals surface area (Å²) in [6.45, 7) is 8.77. The lowest BCUT2D eigenvalue weighted by Crippen LogP contribution is -2.16. The number of ether oxygens (including phenoxy) is 1. The van der Waals surface area contributed by atoms with Crippen molar-refractivity contribution in [2.24, 2.45) is 5.92 Å². The quantitative estimate of drug-likeness (QED) is 0.560. The smallest absolute Gasteiger partial charge is 0.340 e. The fourth-order valence-corrected chi connectivity index (χ4v) is 2.22. The molecule has 118 valence electrons. The number of nitrogen functional groups attached to an aromatic ring is 1. The van der Waals surface area contributed by atoms with Gasteiger partial charge in [-0.1, -0.05) is 26.7 Å². The molecule has 4 nitrogen and oxygen atoms in total. The topological polar surface area (TPSA) is 64.3 Å². The largest absolute Gasteiger partial charge is 0.462 e. The molecular formula is C17H28N2O2. The Labute approximate surface area is 128 Å². The van der Waals surface area contributed by atoms with Crippen molar-refractivity contribution in [2.45, 2.75) is 53.0 Å². The molecule has 0 spiro atoms. The van der Waals surface area contributed by atoms with Crippen LogP contribution in [0.1, 0.15) is 57.3 Å². The van der Waals surface area contributed by atoms with Gasteiger partial charge in [-0.15, -0.1) is 0 Å². The summed E-state index contributed by atoms with van der Waals surface area (Å²) in [5.74, 6) is 0.371. The summed E-state index contributed by atoms with van der Waals surface area (Å²) in [5.41, 5.74) is 7.62. The molecule has 21 heavy (non-hydrogen) atoms. The molecule has 0 heterocycles. The molecule has 0 bridgehead atoms. The molecule has 4 heteroatoms. The molecule has 0 fully saturated rings. The van der Waals surface area contributed by atoms with Crippen LogP contribution in [0.2, 0.25) is 0 Å². The van der Waals surface area contributed by atoms with Gasteiger partial charge >= 0.3 is 5.97 Å². The Bertz CT molecular complexity index is 458. The van der Waals surface area contributed by atoms with E-state index in [1.807, 2.05) is 6.07 Å². The van der Waals surface area contributed by atoms with E-state index in [1.165, 1.54) is 12.8 Å². The van der Waals surface area contributed by atoms with Crippen LogP contribution in [-0.2, 0) is 4.74 Å².